The largest absolute Gasteiger partial charge is 0.388 e. The summed E-state index contributed by atoms with van der Waals surface area (Å²) in [6, 6.07) is -0.142. The Labute approximate surface area is 108 Å². The van der Waals surface area contributed by atoms with E-state index >= 15 is 0 Å². The van der Waals surface area contributed by atoms with Crippen LogP contribution >= 0.6 is 11.3 Å². The summed E-state index contributed by atoms with van der Waals surface area (Å²) >= 11 is 1.62. The lowest BCUT2D eigenvalue weighted by Crippen LogP contribution is -2.22. The van der Waals surface area contributed by atoms with E-state index in [0.717, 1.165) is 17.1 Å². The molecule has 2 atom stereocenters. The summed E-state index contributed by atoms with van der Waals surface area (Å²) in [5.74, 6) is 0. The van der Waals surface area contributed by atoms with Crippen LogP contribution in [0.4, 0.5) is 0 Å². The Kier molecular flexibility index (Phi) is 3.11. The molecular weight excluding hydrogens is 252 g/mol. The standard InChI is InChI=1S/C11H14N4O2S/c1-2-7-3-12-11(18-7)8-4-15(14-13-8)9-5-17-6-10(9)16/h3-4,9-10,16H,2,5-6H2,1H3/t9-,10-/m1/s1. The molecule has 0 unspecified atom stereocenters. The van der Waals surface area contributed by atoms with E-state index in [1.807, 2.05) is 12.4 Å². The van der Waals surface area contributed by atoms with Gasteiger partial charge in [-0.1, -0.05) is 12.1 Å². The van der Waals surface area contributed by atoms with E-state index in [-0.39, 0.29) is 6.04 Å². The molecular formula is C11H14N4O2S. The summed E-state index contributed by atoms with van der Waals surface area (Å²) in [5.41, 5.74) is 0.749. The van der Waals surface area contributed by atoms with Crippen LogP contribution in [-0.2, 0) is 11.2 Å². The van der Waals surface area contributed by atoms with Crippen molar-refractivity contribution in [2.45, 2.75) is 25.5 Å². The lowest BCUT2D eigenvalue weighted by Gasteiger charge is -2.10. The molecule has 1 aliphatic heterocycles. The molecule has 1 saturated heterocycles. The SMILES string of the molecule is CCc1cnc(-c2cn([C@@H]3COC[C@H]3O)nn2)s1. The van der Waals surface area contributed by atoms with Gasteiger partial charge in [-0.25, -0.2) is 9.67 Å². The Hall–Kier alpha value is -1.31. The maximum Gasteiger partial charge on any atom is 0.145 e. The Bertz CT molecular complexity index is 539. The number of hydrogen-bond donors (Lipinski definition) is 1. The van der Waals surface area contributed by atoms with Crippen molar-refractivity contribution in [3.05, 3.63) is 17.3 Å². The van der Waals surface area contributed by atoms with Gasteiger partial charge in [-0.3, -0.25) is 0 Å². The van der Waals surface area contributed by atoms with Gasteiger partial charge in [0.05, 0.1) is 19.4 Å². The minimum Gasteiger partial charge on any atom is -0.388 e. The molecule has 1 aliphatic rings. The van der Waals surface area contributed by atoms with Gasteiger partial charge >= 0.3 is 0 Å². The molecule has 0 spiro atoms. The Morgan fingerprint density at radius 1 is 1.56 bits per heavy atom. The molecule has 2 aromatic rings. The third-order valence-corrected chi connectivity index (χ3v) is 4.16. The first-order valence-corrected chi connectivity index (χ1v) is 6.72. The van der Waals surface area contributed by atoms with E-state index in [4.69, 9.17) is 4.74 Å². The maximum atomic E-state index is 9.74. The van der Waals surface area contributed by atoms with Gasteiger partial charge in [-0.2, -0.15) is 0 Å². The quantitative estimate of drug-likeness (QED) is 0.893. The minimum atomic E-state index is -0.512. The van der Waals surface area contributed by atoms with Gasteiger partial charge in [0.2, 0.25) is 0 Å². The van der Waals surface area contributed by atoms with E-state index < -0.39 is 6.10 Å². The zero-order valence-electron chi connectivity index (χ0n) is 9.98. The molecule has 0 amide bonds. The number of aliphatic hydroxyl groups excluding tert-OH is 1. The summed E-state index contributed by atoms with van der Waals surface area (Å²) in [4.78, 5) is 5.55. The van der Waals surface area contributed by atoms with Gasteiger partial charge in [0.1, 0.15) is 22.8 Å². The first-order chi connectivity index (χ1) is 8.78. The van der Waals surface area contributed by atoms with Crippen molar-refractivity contribution >= 4 is 11.3 Å². The van der Waals surface area contributed by atoms with Crippen molar-refractivity contribution < 1.29 is 9.84 Å². The van der Waals surface area contributed by atoms with Crippen molar-refractivity contribution in [2.24, 2.45) is 0 Å². The van der Waals surface area contributed by atoms with Gasteiger partial charge < -0.3 is 9.84 Å². The number of thiazole rings is 1. The van der Waals surface area contributed by atoms with Crippen LogP contribution in [-0.4, -0.2) is 44.4 Å². The smallest absolute Gasteiger partial charge is 0.145 e. The van der Waals surface area contributed by atoms with Crippen molar-refractivity contribution in [1.82, 2.24) is 20.0 Å². The number of nitrogens with zero attached hydrogens (tertiary/aromatic N) is 4. The van der Waals surface area contributed by atoms with Gasteiger partial charge in [-0.05, 0) is 6.42 Å². The average molecular weight is 266 g/mol. The van der Waals surface area contributed by atoms with Crippen LogP contribution in [0.5, 0.6) is 0 Å². The van der Waals surface area contributed by atoms with Crippen LogP contribution in [0.3, 0.4) is 0 Å². The molecule has 96 valence electrons. The summed E-state index contributed by atoms with van der Waals surface area (Å²) < 4.78 is 6.88. The topological polar surface area (TPSA) is 73.1 Å². The van der Waals surface area contributed by atoms with Crippen LogP contribution in [0.2, 0.25) is 0 Å². The highest BCUT2D eigenvalue weighted by Gasteiger charge is 2.29. The second-order valence-electron chi connectivity index (χ2n) is 4.24. The zero-order valence-corrected chi connectivity index (χ0v) is 10.8. The molecule has 0 aromatic carbocycles. The normalized spacial score (nSPS) is 23.7. The van der Waals surface area contributed by atoms with Crippen molar-refractivity contribution in [1.29, 1.82) is 0 Å². The molecule has 2 aromatic heterocycles. The third kappa shape index (κ3) is 2.05. The van der Waals surface area contributed by atoms with E-state index in [1.165, 1.54) is 4.88 Å². The van der Waals surface area contributed by atoms with Gasteiger partial charge in [0.25, 0.3) is 0 Å². The van der Waals surface area contributed by atoms with E-state index in [1.54, 1.807) is 16.0 Å². The molecule has 0 radical (unpaired) electrons. The van der Waals surface area contributed by atoms with Crippen LogP contribution in [0.15, 0.2) is 12.4 Å². The molecule has 3 heterocycles. The molecule has 0 saturated carbocycles. The Balaban J connectivity index is 1.84. The second kappa shape index (κ2) is 4.75. The first-order valence-electron chi connectivity index (χ1n) is 5.90. The van der Waals surface area contributed by atoms with Gasteiger partial charge in [-0.15, -0.1) is 16.4 Å². The Morgan fingerprint density at radius 3 is 3.11 bits per heavy atom. The lowest BCUT2D eigenvalue weighted by atomic mass is 10.2. The fourth-order valence-corrected chi connectivity index (χ4v) is 2.71. The van der Waals surface area contributed by atoms with E-state index in [2.05, 4.69) is 22.2 Å². The highest BCUT2D eigenvalue weighted by Crippen LogP contribution is 2.25. The summed E-state index contributed by atoms with van der Waals surface area (Å²) in [6.45, 7) is 2.93. The molecule has 0 bridgehead atoms. The molecule has 1 fully saturated rings. The number of aliphatic hydroxyl groups is 1. The van der Waals surface area contributed by atoms with E-state index in [0.29, 0.717) is 13.2 Å². The fourth-order valence-electron chi connectivity index (χ4n) is 1.91. The van der Waals surface area contributed by atoms with Crippen LogP contribution in [0, 0.1) is 0 Å². The average Bonchev–Trinajstić information content (AvgIpc) is 3.07. The molecule has 1 N–H and O–H groups in total. The van der Waals surface area contributed by atoms with Gasteiger partial charge in [0, 0.05) is 11.1 Å². The van der Waals surface area contributed by atoms with Crippen LogP contribution in [0.1, 0.15) is 17.8 Å². The number of ether oxygens (including phenoxy) is 1. The number of aromatic nitrogens is 4. The molecule has 7 heteroatoms. The van der Waals surface area contributed by atoms with Crippen molar-refractivity contribution in [3.8, 4) is 10.7 Å². The summed E-state index contributed by atoms with van der Waals surface area (Å²) in [6.07, 6.45) is 4.15. The number of rotatable bonds is 3. The van der Waals surface area contributed by atoms with E-state index in [9.17, 15) is 5.11 Å². The zero-order chi connectivity index (χ0) is 12.5. The highest BCUT2D eigenvalue weighted by molar-refractivity contribution is 7.14. The Morgan fingerprint density at radius 2 is 2.44 bits per heavy atom. The fraction of sp³-hybridized carbons (Fsp3) is 0.545. The summed E-state index contributed by atoms with van der Waals surface area (Å²) in [5, 5.41) is 18.8. The third-order valence-electron chi connectivity index (χ3n) is 2.99. The molecule has 0 aliphatic carbocycles. The number of aryl methyl sites for hydroxylation is 1. The monoisotopic (exact) mass is 266 g/mol. The predicted molar refractivity (Wildman–Crippen MR) is 66.4 cm³/mol. The predicted octanol–water partition coefficient (Wildman–Crippen LogP) is 0.896. The maximum absolute atomic E-state index is 9.74. The number of hydrogen-bond acceptors (Lipinski definition) is 6. The van der Waals surface area contributed by atoms with Crippen LogP contribution < -0.4 is 0 Å². The van der Waals surface area contributed by atoms with Crippen molar-refractivity contribution in [2.75, 3.05) is 13.2 Å². The van der Waals surface area contributed by atoms with Crippen molar-refractivity contribution in [3.63, 3.8) is 0 Å². The molecule has 6 nitrogen and oxygen atoms in total. The molecule has 3 rings (SSSR count). The first kappa shape index (κ1) is 11.8. The molecule has 18 heavy (non-hydrogen) atoms. The minimum absolute atomic E-state index is 0.142. The highest BCUT2D eigenvalue weighted by atomic mass is 32.1. The lowest BCUT2D eigenvalue weighted by molar-refractivity contribution is 0.117. The van der Waals surface area contributed by atoms with Crippen LogP contribution in [0.25, 0.3) is 10.7 Å². The summed E-state index contributed by atoms with van der Waals surface area (Å²) in [7, 11) is 0. The van der Waals surface area contributed by atoms with Gasteiger partial charge in [0.15, 0.2) is 0 Å². The second-order valence-corrected chi connectivity index (χ2v) is 5.36.